The first-order valence-electron chi connectivity index (χ1n) is 12.6. The molecule has 2 bridgehead atoms. The Bertz CT molecular complexity index is 1400. The van der Waals surface area contributed by atoms with Gasteiger partial charge >= 0.3 is 6.03 Å². The number of nitrogens with one attached hydrogen (secondary N) is 1. The van der Waals surface area contributed by atoms with E-state index in [2.05, 4.69) is 10.2 Å². The zero-order valence-electron chi connectivity index (χ0n) is 20.3. The highest BCUT2D eigenvalue weighted by Crippen LogP contribution is 2.39. The fourth-order valence-corrected chi connectivity index (χ4v) is 7.03. The van der Waals surface area contributed by atoms with Crippen LogP contribution in [0, 0.1) is 11.3 Å². The van der Waals surface area contributed by atoms with Gasteiger partial charge in [-0.2, -0.15) is 0 Å². The summed E-state index contributed by atoms with van der Waals surface area (Å²) in [6, 6.07) is 17.9. The predicted molar refractivity (Wildman–Crippen MR) is 139 cm³/mol. The van der Waals surface area contributed by atoms with Crippen LogP contribution in [0.25, 0.3) is 0 Å². The van der Waals surface area contributed by atoms with Gasteiger partial charge in [0, 0.05) is 55.2 Å². The minimum atomic E-state index is -1.42. The van der Waals surface area contributed by atoms with Gasteiger partial charge in [-0.05, 0) is 35.4 Å². The molecular weight excluding hydrogens is 488 g/mol. The number of rotatable bonds is 6. The third-order valence-corrected chi connectivity index (χ3v) is 8.72. The molecule has 3 aromatic rings. The van der Waals surface area contributed by atoms with Gasteiger partial charge < -0.3 is 9.47 Å². The normalized spacial score (nSPS) is 25.6. The van der Waals surface area contributed by atoms with E-state index >= 15 is 0 Å². The van der Waals surface area contributed by atoms with Crippen molar-refractivity contribution in [2.45, 2.75) is 31.8 Å². The summed E-state index contributed by atoms with van der Waals surface area (Å²) >= 11 is 1.50. The van der Waals surface area contributed by atoms with Crippen molar-refractivity contribution in [1.29, 1.82) is 0 Å². The van der Waals surface area contributed by atoms with Crippen molar-refractivity contribution >= 4 is 29.2 Å². The summed E-state index contributed by atoms with van der Waals surface area (Å²) in [5.74, 6) is -0.573. The quantitative estimate of drug-likeness (QED) is 0.509. The molecule has 1 aromatic carbocycles. The summed E-state index contributed by atoms with van der Waals surface area (Å²) < 4.78 is 1.87. The van der Waals surface area contributed by atoms with E-state index in [9.17, 15) is 19.2 Å². The molecule has 6 rings (SSSR count). The number of nitrogens with zero attached hydrogens (tertiary/aromatic N) is 3. The minimum absolute atomic E-state index is 0.0201. The summed E-state index contributed by atoms with van der Waals surface area (Å²) in [5, 5.41) is 4.44. The van der Waals surface area contributed by atoms with Crippen molar-refractivity contribution in [1.82, 2.24) is 19.7 Å². The standard InChI is InChI=1S/C28H28N4O4S/c33-24-10-4-9-23-21-12-20(16-31(23)24)14-30(17-21)18-28(13-22-8-5-11-37-22)25(34)29-27(36)32(26(28)35)15-19-6-2-1-3-7-19/h1-11,20-21H,12-18H2,(H,29,34,36)/t20?,21-,28?/m0/s1. The number of fused-ring (bicyclic) bond motifs is 4. The van der Waals surface area contributed by atoms with Crippen LogP contribution in [0.1, 0.15) is 28.5 Å². The Hall–Kier alpha value is -3.56. The molecule has 1 N–H and O–H groups in total. The molecule has 3 aliphatic heterocycles. The molecule has 2 unspecified atom stereocenters. The Labute approximate surface area is 218 Å². The Morgan fingerprint density at radius 3 is 2.54 bits per heavy atom. The number of pyridine rings is 1. The van der Waals surface area contributed by atoms with E-state index in [4.69, 9.17) is 0 Å². The Balaban J connectivity index is 1.33. The largest absolute Gasteiger partial charge is 0.331 e. The number of amides is 4. The zero-order valence-corrected chi connectivity index (χ0v) is 21.2. The van der Waals surface area contributed by atoms with Crippen molar-refractivity contribution in [3.63, 3.8) is 0 Å². The van der Waals surface area contributed by atoms with Crippen molar-refractivity contribution in [3.8, 4) is 0 Å². The average Bonchev–Trinajstić information content (AvgIpc) is 3.40. The Morgan fingerprint density at radius 1 is 0.919 bits per heavy atom. The molecule has 4 amide bonds. The molecular formula is C28H28N4O4S. The lowest BCUT2D eigenvalue weighted by Gasteiger charge is -2.47. The van der Waals surface area contributed by atoms with E-state index in [1.807, 2.05) is 58.5 Å². The molecule has 2 aromatic heterocycles. The van der Waals surface area contributed by atoms with Crippen molar-refractivity contribution in [2.24, 2.45) is 11.3 Å². The number of barbiturate groups is 1. The van der Waals surface area contributed by atoms with Crippen LogP contribution in [-0.4, -0.2) is 51.8 Å². The van der Waals surface area contributed by atoms with Crippen LogP contribution >= 0.6 is 11.3 Å². The molecule has 3 atom stereocenters. The number of hydrogen-bond donors (Lipinski definition) is 1. The summed E-state index contributed by atoms with van der Waals surface area (Å²) in [6.07, 6.45) is 1.21. The summed E-state index contributed by atoms with van der Waals surface area (Å²) in [5.41, 5.74) is 0.433. The molecule has 9 heteroatoms. The Kier molecular flexibility index (Phi) is 6.04. The second kappa shape index (κ2) is 9.39. The maximum atomic E-state index is 14.1. The first kappa shape index (κ1) is 23.8. The molecule has 3 aliphatic rings. The van der Waals surface area contributed by atoms with Gasteiger partial charge in [0.15, 0.2) is 0 Å². The molecule has 0 spiro atoms. The number of urea groups is 1. The lowest BCUT2D eigenvalue weighted by Crippen LogP contribution is -2.67. The van der Waals surface area contributed by atoms with E-state index < -0.39 is 23.3 Å². The van der Waals surface area contributed by atoms with Gasteiger partial charge in [0.25, 0.3) is 5.56 Å². The molecule has 190 valence electrons. The second-order valence-corrected chi connectivity index (χ2v) is 11.4. The fourth-order valence-electron chi connectivity index (χ4n) is 6.21. The number of aromatic nitrogens is 1. The number of imide groups is 2. The number of carbonyl (C=O) groups is 3. The van der Waals surface area contributed by atoms with Crippen LogP contribution in [-0.2, 0) is 29.1 Å². The highest BCUT2D eigenvalue weighted by Gasteiger charge is 2.55. The first-order chi connectivity index (χ1) is 17.9. The second-order valence-electron chi connectivity index (χ2n) is 10.4. The number of hydrogen-bond acceptors (Lipinski definition) is 6. The lowest BCUT2D eigenvalue weighted by atomic mass is 9.77. The topological polar surface area (TPSA) is 91.7 Å². The maximum absolute atomic E-state index is 14.1. The highest BCUT2D eigenvalue weighted by molar-refractivity contribution is 7.09. The molecule has 0 saturated carbocycles. The van der Waals surface area contributed by atoms with E-state index in [1.54, 1.807) is 12.1 Å². The molecule has 2 saturated heterocycles. The molecule has 2 fully saturated rings. The van der Waals surface area contributed by atoms with Gasteiger partial charge in [0.05, 0.1) is 6.54 Å². The number of piperidine rings is 1. The van der Waals surface area contributed by atoms with Crippen molar-refractivity contribution < 1.29 is 14.4 Å². The van der Waals surface area contributed by atoms with Gasteiger partial charge in [-0.3, -0.25) is 24.6 Å². The van der Waals surface area contributed by atoms with E-state index in [-0.39, 0.29) is 36.9 Å². The van der Waals surface area contributed by atoms with Crippen LogP contribution in [0.5, 0.6) is 0 Å². The van der Waals surface area contributed by atoms with E-state index in [1.165, 1.54) is 16.2 Å². The van der Waals surface area contributed by atoms with Gasteiger partial charge in [0.2, 0.25) is 11.8 Å². The van der Waals surface area contributed by atoms with Crippen LogP contribution < -0.4 is 10.9 Å². The minimum Gasteiger partial charge on any atom is -0.312 e. The monoisotopic (exact) mass is 516 g/mol. The van der Waals surface area contributed by atoms with Crippen molar-refractivity contribution in [2.75, 3.05) is 19.6 Å². The summed E-state index contributed by atoms with van der Waals surface area (Å²) in [7, 11) is 0. The van der Waals surface area contributed by atoms with E-state index in [0.29, 0.717) is 19.6 Å². The number of carbonyl (C=O) groups excluding carboxylic acids is 3. The molecule has 5 heterocycles. The fraction of sp³-hybridized carbons (Fsp3) is 0.357. The zero-order chi connectivity index (χ0) is 25.6. The lowest BCUT2D eigenvalue weighted by molar-refractivity contribution is -0.154. The van der Waals surface area contributed by atoms with Crippen LogP contribution in [0.3, 0.4) is 0 Å². The third-order valence-electron chi connectivity index (χ3n) is 7.84. The first-order valence-corrected chi connectivity index (χ1v) is 13.5. The molecule has 37 heavy (non-hydrogen) atoms. The van der Waals surface area contributed by atoms with Gasteiger partial charge in [0.1, 0.15) is 5.41 Å². The molecule has 0 radical (unpaired) electrons. The number of benzene rings is 1. The number of likely N-dealkylation sites (tertiary alicyclic amines) is 1. The number of thiophene rings is 1. The highest BCUT2D eigenvalue weighted by atomic mass is 32.1. The third kappa shape index (κ3) is 4.32. The molecule has 8 nitrogen and oxygen atoms in total. The average molecular weight is 517 g/mol. The maximum Gasteiger partial charge on any atom is 0.331 e. The van der Waals surface area contributed by atoms with Crippen LogP contribution in [0.2, 0.25) is 0 Å². The van der Waals surface area contributed by atoms with E-state index in [0.717, 1.165) is 22.6 Å². The van der Waals surface area contributed by atoms with Crippen LogP contribution in [0.4, 0.5) is 4.79 Å². The molecule has 0 aliphatic carbocycles. The van der Waals surface area contributed by atoms with Gasteiger partial charge in [-0.25, -0.2) is 4.79 Å². The van der Waals surface area contributed by atoms with Gasteiger partial charge in [-0.15, -0.1) is 11.3 Å². The van der Waals surface area contributed by atoms with Crippen LogP contribution in [0.15, 0.2) is 70.8 Å². The smallest absolute Gasteiger partial charge is 0.312 e. The SMILES string of the molecule is O=C1NC(=O)C(Cc2cccs2)(CN2CC3C[C@@H](C2)c2cccc(=O)n2C3)C(=O)N1Cc1ccccc1. The summed E-state index contributed by atoms with van der Waals surface area (Å²) in [6.45, 7) is 2.30. The predicted octanol–water partition coefficient (Wildman–Crippen LogP) is 2.84. The van der Waals surface area contributed by atoms with Crippen molar-refractivity contribution in [3.05, 3.63) is 92.5 Å². The Morgan fingerprint density at radius 2 is 1.76 bits per heavy atom. The summed E-state index contributed by atoms with van der Waals surface area (Å²) in [4.78, 5) is 57.3. The van der Waals surface area contributed by atoms with Gasteiger partial charge in [-0.1, -0.05) is 42.5 Å².